The van der Waals surface area contributed by atoms with Gasteiger partial charge in [0.1, 0.15) is 18.5 Å². The Balaban J connectivity index is 1.66. The average molecular weight is 465 g/mol. The van der Waals surface area contributed by atoms with Crippen LogP contribution in [-0.2, 0) is 9.59 Å². The van der Waals surface area contributed by atoms with E-state index in [9.17, 15) is 22.8 Å². The zero-order valence-electron chi connectivity index (χ0n) is 16.2. The highest BCUT2D eigenvalue weighted by Gasteiger charge is 2.44. The minimum atomic E-state index is -1.28. The molecule has 2 aliphatic carbocycles. The largest absolute Gasteiger partial charge is 0.353 e. The van der Waals surface area contributed by atoms with E-state index in [4.69, 9.17) is 0 Å². The average Bonchev–Trinajstić information content (AvgIpc) is 2.61. The summed E-state index contributed by atoms with van der Waals surface area (Å²) in [5.74, 6) is -1.27. The van der Waals surface area contributed by atoms with Gasteiger partial charge in [0, 0.05) is 35.9 Å². The summed E-state index contributed by atoms with van der Waals surface area (Å²) in [6, 6.07) is -0.568. The first kappa shape index (κ1) is 21.7. The quantitative estimate of drug-likeness (QED) is 0.623. The van der Waals surface area contributed by atoms with Gasteiger partial charge in [-0.05, 0) is 39.5 Å². The lowest BCUT2D eigenvalue weighted by molar-refractivity contribution is -0.125. The van der Waals surface area contributed by atoms with Crippen molar-refractivity contribution in [2.45, 2.75) is 87.8 Å². The van der Waals surface area contributed by atoms with Gasteiger partial charge in [-0.1, -0.05) is 21.5 Å². The normalized spacial score (nSPS) is 39.8. The van der Waals surface area contributed by atoms with Crippen molar-refractivity contribution in [2.24, 2.45) is 11.8 Å². The van der Waals surface area contributed by atoms with Gasteiger partial charge < -0.3 is 10.6 Å². The first-order valence-corrected chi connectivity index (χ1v) is 11.0. The molecule has 0 aromatic rings. The molecule has 1 heterocycles. The van der Waals surface area contributed by atoms with Gasteiger partial charge in [0.2, 0.25) is 11.8 Å². The minimum Gasteiger partial charge on any atom is -0.353 e. The van der Waals surface area contributed by atoms with Crippen LogP contribution in [0.2, 0.25) is 0 Å². The molecular formula is C20H28BrF3N2O2. The summed E-state index contributed by atoms with van der Waals surface area (Å²) in [5, 5.41) is 5.68. The zero-order chi connectivity index (χ0) is 20.6. The van der Waals surface area contributed by atoms with Crippen molar-refractivity contribution >= 4 is 27.7 Å². The van der Waals surface area contributed by atoms with Crippen molar-refractivity contribution in [3.05, 3.63) is 11.1 Å². The molecule has 1 aliphatic heterocycles. The van der Waals surface area contributed by atoms with Crippen LogP contribution in [0.25, 0.3) is 0 Å². The second kappa shape index (κ2) is 8.76. The number of rotatable bonds is 4. The fourth-order valence-corrected chi connectivity index (χ4v) is 5.94. The predicted octanol–water partition coefficient (Wildman–Crippen LogP) is 3.68. The van der Waals surface area contributed by atoms with Gasteiger partial charge >= 0.3 is 0 Å². The van der Waals surface area contributed by atoms with E-state index in [-0.39, 0.29) is 36.6 Å². The molecule has 28 heavy (non-hydrogen) atoms. The summed E-state index contributed by atoms with van der Waals surface area (Å²) in [6.07, 6.45) is -1.99. The Morgan fingerprint density at radius 2 is 1.93 bits per heavy atom. The lowest BCUT2D eigenvalue weighted by atomic mass is 9.75. The third-order valence-electron chi connectivity index (χ3n) is 6.57. The van der Waals surface area contributed by atoms with E-state index >= 15 is 0 Å². The number of hydrogen-bond donors (Lipinski definition) is 2. The lowest BCUT2D eigenvalue weighted by Crippen LogP contribution is -2.54. The van der Waals surface area contributed by atoms with E-state index < -0.39 is 35.3 Å². The fourth-order valence-electron chi connectivity index (χ4n) is 4.91. The summed E-state index contributed by atoms with van der Waals surface area (Å²) in [6.45, 7) is 3.50. The molecule has 2 fully saturated rings. The van der Waals surface area contributed by atoms with E-state index in [0.717, 1.165) is 5.57 Å². The molecule has 0 saturated heterocycles. The standard InChI is InChI=1S/C20H28BrF3N2O2/c1-9-13(20(28)26-16-6-5-14(23)19(21)18(9)16)8-17(27)25-10(2)12-4-3-11(22)7-15(12)24/h10-12,14-16,18-19H,3-8H2,1-2H3,(H,25,27)(H,26,28)/t10-,11?,12?,14?,15?,16?,18?,19?/m0/s1. The van der Waals surface area contributed by atoms with Gasteiger partial charge in [-0.25, -0.2) is 13.2 Å². The van der Waals surface area contributed by atoms with Crippen molar-refractivity contribution in [2.75, 3.05) is 0 Å². The molecule has 2 saturated carbocycles. The van der Waals surface area contributed by atoms with Crippen molar-refractivity contribution in [3.63, 3.8) is 0 Å². The van der Waals surface area contributed by atoms with Crippen LogP contribution in [0.1, 0.15) is 52.4 Å². The SMILES string of the molecule is CC1=C(CC(=O)N[C@@H](C)C2CCC(F)CC2F)C(=O)NC2CCC(F)C(Br)C12. The second-order valence-electron chi connectivity index (χ2n) is 8.43. The first-order chi connectivity index (χ1) is 13.2. The number of alkyl halides is 4. The van der Waals surface area contributed by atoms with Crippen LogP contribution in [0.5, 0.6) is 0 Å². The summed E-state index contributed by atoms with van der Waals surface area (Å²) in [7, 11) is 0. The van der Waals surface area contributed by atoms with E-state index in [0.29, 0.717) is 31.3 Å². The molecule has 0 aromatic heterocycles. The van der Waals surface area contributed by atoms with Crippen LogP contribution >= 0.6 is 15.9 Å². The van der Waals surface area contributed by atoms with Crippen molar-refractivity contribution in [1.82, 2.24) is 10.6 Å². The Bertz CT molecular complexity index is 659. The molecule has 3 aliphatic rings. The van der Waals surface area contributed by atoms with Crippen LogP contribution < -0.4 is 10.6 Å². The van der Waals surface area contributed by atoms with Gasteiger partial charge in [0.25, 0.3) is 0 Å². The molecule has 8 heteroatoms. The van der Waals surface area contributed by atoms with Gasteiger partial charge in [0.15, 0.2) is 0 Å². The smallest absolute Gasteiger partial charge is 0.247 e. The van der Waals surface area contributed by atoms with E-state index in [2.05, 4.69) is 26.6 Å². The number of halogens is 4. The topological polar surface area (TPSA) is 58.2 Å². The molecule has 2 amide bonds. The van der Waals surface area contributed by atoms with Crippen LogP contribution in [0.15, 0.2) is 11.1 Å². The lowest BCUT2D eigenvalue weighted by Gasteiger charge is -2.42. The number of carbonyl (C=O) groups excluding carboxylic acids is 2. The fraction of sp³-hybridized carbons (Fsp3) is 0.800. The molecule has 7 unspecified atom stereocenters. The summed E-state index contributed by atoms with van der Waals surface area (Å²) in [5.41, 5.74) is 1.09. The van der Waals surface area contributed by atoms with E-state index in [1.165, 1.54) is 0 Å². The number of amides is 2. The summed E-state index contributed by atoms with van der Waals surface area (Å²) in [4.78, 5) is 24.6. The number of nitrogens with one attached hydrogen (secondary N) is 2. The molecule has 8 atom stereocenters. The van der Waals surface area contributed by atoms with Gasteiger partial charge in [-0.15, -0.1) is 0 Å². The number of fused-ring (bicyclic) bond motifs is 1. The minimum absolute atomic E-state index is 0.127. The van der Waals surface area contributed by atoms with Gasteiger partial charge in [-0.3, -0.25) is 9.59 Å². The van der Waals surface area contributed by atoms with Crippen LogP contribution in [0.3, 0.4) is 0 Å². The van der Waals surface area contributed by atoms with Crippen molar-refractivity contribution in [1.29, 1.82) is 0 Å². The van der Waals surface area contributed by atoms with Gasteiger partial charge in [0.05, 0.1) is 11.2 Å². The maximum atomic E-state index is 14.1. The number of hydrogen-bond acceptors (Lipinski definition) is 2. The van der Waals surface area contributed by atoms with Crippen LogP contribution in [0.4, 0.5) is 13.2 Å². The third-order valence-corrected chi connectivity index (χ3v) is 7.71. The monoisotopic (exact) mass is 464 g/mol. The molecule has 2 N–H and O–H groups in total. The van der Waals surface area contributed by atoms with Gasteiger partial charge in [-0.2, -0.15) is 0 Å². The molecule has 0 bridgehead atoms. The summed E-state index contributed by atoms with van der Waals surface area (Å²) < 4.78 is 41.6. The van der Waals surface area contributed by atoms with Crippen molar-refractivity contribution < 1.29 is 22.8 Å². The Hall–Kier alpha value is -1.05. The first-order valence-electron chi connectivity index (χ1n) is 10.0. The Kier molecular flexibility index (Phi) is 6.77. The molecular weight excluding hydrogens is 437 g/mol. The number of carbonyl (C=O) groups is 2. The molecule has 0 spiro atoms. The third kappa shape index (κ3) is 4.41. The maximum absolute atomic E-state index is 14.1. The van der Waals surface area contributed by atoms with E-state index in [1.807, 2.05) is 0 Å². The predicted molar refractivity (Wildman–Crippen MR) is 104 cm³/mol. The molecule has 158 valence electrons. The highest BCUT2D eigenvalue weighted by Crippen LogP contribution is 2.40. The Morgan fingerprint density at radius 3 is 2.61 bits per heavy atom. The zero-order valence-corrected chi connectivity index (χ0v) is 17.8. The molecule has 0 aromatic carbocycles. The molecule has 3 rings (SSSR count). The Morgan fingerprint density at radius 1 is 1.21 bits per heavy atom. The van der Waals surface area contributed by atoms with Crippen molar-refractivity contribution in [3.8, 4) is 0 Å². The van der Waals surface area contributed by atoms with Crippen LogP contribution in [-0.4, -0.2) is 47.2 Å². The Labute approximate surface area is 172 Å². The molecule has 4 nitrogen and oxygen atoms in total. The van der Waals surface area contributed by atoms with Crippen LogP contribution in [0, 0.1) is 11.8 Å². The van der Waals surface area contributed by atoms with E-state index in [1.54, 1.807) is 13.8 Å². The summed E-state index contributed by atoms with van der Waals surface area (Å²) >= 11 is 3.42. The highest BCUT2D eigenvalue weighted by molar-refractivity contribution is 9.09. The maximum Gasteiger partial charge on any atom is 0.247 e. The molecule has 0 radical (unpaired) electrons. The highest BCUT2D eigenvalue weighted by atomic mass is 79.9. The second-order valence-corrected chi connectivity index (χ2v) is 9.49.